The molecule has 11 nitrogen and oxygen atoms in total. The fourth-order valence-electron chi connectivity index (χ4n) is 6.49. The number of hydrogen-bond acceptors (Lipinski definition) is 9. The van der Waals surface area contributed by atoms with E-state index in [0.29, 0.717) is 70.6 Å². The van der Waals surface area contributed by atoms with Crippen LogP contribution in [0.4, 0.5) is 29.6 Å². The Morgan fingerprint density at radius 2 is 1.68 bits per heavy atom. The average molecular weight is 623 g/mol. The number of piperazine rings is 1. The van der Waals surface area contributed by atoms with Crippen molar-refractivity contribution in [1.29, 1.82) is 0 Å². The predicted molar refractivity (Wildman–Crippen MR) is 160 cm³/mol. The summed E-state index contributed by atoms with van der Waals surface area (Å²) < 4.78 is 54.6. The lowest BCUT2D eigenvalue weighted by molar-refractivity contribution is -0.144. The zero-order valence-corrected chi connectivity index (χ0v) is 26.6. The van der Waals surface area contributed by atoms with Crippen LogP contribution in [0.1, 0.15) is 63.5 Å². The van der Waals surface area contributed by atoms with Crippen LogP contribution in [-0.4, -0.2) is 113 Å². The summed E-state index contributed by atoms with van der Waals surface area (Å²) in [6, 6.07) is 1.83. The van der Waals surface area contributed by atoms with Gasteiger partial charge in [0, 0.05) is 82.7 Å². The molecule has 0 radical (unpaired) electrons. The van der Waals surface area contributed by atoms with Crippen molar-refractivity contribution in [1.82, 2.24) is 29.5 Å². The fourth-order valence-corrected chi connectivity index (χ4v) is 6.49. The van der Waals surface area contributed by atoms with Crippen LogP contribution in [0.15, 0.2) is 12.3 Å². The number of alkyl halides is 3. The van der Waals surface area contributed by atoms with Crippen LogP contribution in [0, 0.1) is 6.92 Å². The zero-order chi connectivity index (χ0) is 31.8. The quantitative estimate of drug-likeness (QED) is 0.452. The molecule has 0 unspecified atom stereocenters. The first-order chi connectivity index (χ1) is 20.7. The van der Waals surface area contributed by atoms with E-state index in [4.69, 9.17) is 9.47 Å². The van der Waals surface area contributed by atoms with Crippen LogP contribution in [0.5, 0.6) is 0 Å². The number of aromatic nitrogens is 4. The van der Waals surface area contributed by atoms with Crippen LogP contribution in [0.2, 0.25) is 0 Å². The molecule has 3 saturated heterocycles. The molecule has 44 heavy (non-hydrogen) atoms. The maximum Gasteiger partial charge on any atom is 0.451 e. The number of methoxy groups -OCH3 is 1. The van der Waals surface area contributed by atoms with E-state index in [1.54, 1.807) is 18.1 Å². The number of nitrogens with zero attached hydrogens (tertiary/aromatic N) is 8. The van der Waals surface area contributed by atoms with Gasteiger partial charge in [-0.1, -0.05) is 0 Å². The third-order valence-corrected chi connectivity index (χ3v) is 8.90. The molecule has 2 aromatic heterocycles. The SMILES string of the molecule is COCCn1ncc(C)c1C1CCN(c2cc(N3C[C@@H](N4CCN(C(=O)OC(C)(C)C)CC4)[C@H]3C)nc(C(F)(F)F)n2)CC1. The Morgan fingerprint density at radius 1 is 1.02 bits per heavy atom. The van der Waals surface area contributed by atoms with Gasteiger partial charge in [-0.3, -0.25) is 9.58 Å². The molecule has 0 N–H and O–H groups in total. The number of carbonyl (C=O) groups excluding carboxylic acids is 1. The van der Waals surface area contributed by atoms with Gasteiger partial charge in [-0.05, 0) is 53.0 Å². The van der Waals surface area contributed by atoms with Crippen LogP contribution < -0.4 is 9.80 Å². The molecule has 2 atom stereocenters. The van der Waals surface area contributed by atoms with E-state index in [2.05, 4.69) is 20.0 Å². The third kappa shape index (κ3) is 7.06. The summed E-state index contributed by atoms with van der Waals surface area (Å²) >= 11 is 0. The monoisotopic (exact) mass is 622 g/mol. The molecule has 0 aromatic carbocycles. The number of ether oxygens (including phenoxy) is 2. The van der Waals surface area contributed by atoms with Gasteiger partial charge in [-0.25, -0.2) is 14.8 Å². The maximum atomic E-state index is 14.0. The molecule has 2 aromatic rings. The van der Waals surface area contributed by atoms with Gasteiger partial charge in [0.25, 0.3) is 0 Å². The van der Waals surface area contributed by atoms with Gasteiger partial charge in [0.05, 0.1) is 19.3 Å². The van der Waals surface area contributed by atoms with Crippen LogP contribution in [-0.2, 0) is 22.2 Å². The number of rotatable bonds is 7. The number of hydrogen-bond donors (Lipinski definition) is 0. The highest BCUT2D eigenvalue weighted by molar-refractivity contribution is 5.68. The second-order valence-corrected chi connectivity index (χ2v) is 13.1. The molecule has 3 aliphatic heterocycles. The van der Waals surface area contributed by atoms with Gasteiger partial charge in [0.15, 0.2) is 0 Å². The smallest absolute Gasteiger partial charge is 0.444 e. The Hall–Kier alpha value is -3.13. The highest BCUT2D eigenvalue weighted by Crippen LogP contribution is 2.37. The Bertz CT molecular complexity index is 1300. The summed E-state index contributed by atoms with van der Waals surface area (Å²) in [6.07, 6.45) is -1.52. The third-order valence-electron chi connectivity index (χ3n) is 8.90. The van der Waals surface area contributed by atoms with Crippen molar-refractivity contribution < 1.29 is 27.4 Å². The minimum atomic E-state index is -4.65. The Morgan fingerprint density at radius 3 is 2.27 bits per heavy atom. The number of anilines is 2. The average Bonchev–Trinajstić information content (AvgIpc) is 3.34. The minimum Gasteiger partial charge on any atom is -0.444 e. The molecule has 5 heterocycles. The van der Waals surface area contributed by atoms with Gasteiger partial charge in [-0.15, -0.1) is 0 Å². The predicted octanol–water partition coefficient (Wildman–Crippen LogP) is 4.16. The molecule has 3 fully saturated rings. The number of piperidine rings is 1. The molecule has 0 aliphatic carbocycles. The van der Waals surface area contributed by atoms with Crippen LogP contribution in [0.25, 0.3) is 0 Å². The number of aryl methyl sites for hydroxylation is 1. The lowest BCUT2D eigenvalue weighted by atomic mass is 9.91. The highest BCUT2D eigenvalue weighted by atomic mass is 19.4. The zero-order valence-electron chi connectivity index (χ0n) is 26.6. The number of carbonyl (C=O) groups is 1. The molecular weight excluding hydrogens is 577 g/mol. The maximum absolute atomic E-state index is 14.0. The van der Waals surface area contributed by atoms with Gasteiger partial charge in [-0.2, -0.15) is 18.3 Å². The number of halogens is 3. The summed E-state index contributed by atoms with van der Waals surface area (Å²) in [5.74, 6) is -0.232. The van der Waals surface area contributed by atoms with Gasteiger partial charge >= 0.3 is 12.3 Å². The van der Waals surface area contributed by atoms with Crippen molar-refractivity contribution >= 4 is 17.7 Å². The molecule has 0 bridgehead atoms. The van der Waals surface area contributed by atoms with Crippen LogP contribution in [0.3, 0.4) is 0 Å². The van der Waals surface area contributed by atoms with E-state index in [9.17, 15) is 18.0 Å². The van der Waals surface area contributed by atoms with Crippen molar-refractivity contribution in [3.63, 3.8) is 0 Å². The van der Waals surface area contributed by atoms with Gasteiger partial charge < -0.3 is 24.2 Å². The molecule has 0 saturated carbocycles. The van der Waals surface area contributed by atoms with E-state index in [-0.39, 0.29) is 24.1 Å². The first kappa shape index (κ1) is 32.3. The lowest BCUT2D eigenvalue weighted by Crippen LogP contribution is -2.68. The first-order valence-electron chi connectivity index (χ1n) is 15.5. The minimum absolute atomic E-state index is 0.0343. The van der Waals surface area contributed by atoms with Crippen molar-refractivity contribution in [2.45, 2.75) is 83.8 Å². The Labute approximate surface area is 257 Å². The summed E-state index contributed by atoms with van der Waals surface area (Å²) in [7, 11) is 1.66. The summed E-state index contributed by atoms with van der Waals surface area (Å²) in [4.78, 5) is 28.3. The van der Waals surface area contributed by atoms with E-state index < -0.39 is 17.6 Å². The summed E-state index contributed by atoms with van der Waals surface area (Å²) in [5, 5.41) is 4.51. The highest BCUT2D eigenvalue weighted by Gasteiger charge is 2.44. The van der Waals surface area contributed by atoms with E-state index in [0.717, 1.165) is 18.4 Å². The first-order valence-corrected chi connectivity index (χ1v) is 15.5. The van der Waals surface area contributed by atoms with E-state index in [1.807, 2.05) is 55.3 Å². The Kier molecular flexibility index (Phi) is 9.31. The van der Waals surface area contributed by atoms with Crippen molar-refractivity contribution in [2.24, 2.45) is 0 Å². The van der Waals surface area contributed by atoms with Crippen molar-refractivity contribution in [3.8, 4) is 0 Å². The fraction of sp³-hybridized carbons (Fsp3) is 0.733. The molecule has 1 amide bonds. The van der Waals surface area contributed by atoms with E-state index >= 15 is 0 Å². The number of amides is 1. The second-order valence-electron chi connectivity index (χ2n) is 13.1. The molecular formula is C30H45F3N8O3. The molecule has 244 valence electrons. The molecule has 0 spiro atoms. The normalized spacial score (nSPS) is 22.3. The Balaban J connectivity index is 1.24. The van der Waals surface area contributed by atoms with Gasteiger partial charge in [0.1, 0.15) is 17.2 Å². The standard InChI is InChI=1S/C30H45F3N8O3/c1-20-18-34-41(15-16-43-6)26(20)22-7-9-38(10-8-22)24-17-25(36-27(35-24)30(31,32)33)40-19-23(21(40)2)37-11-13-39(14-12-37)28(42)44-29(3,4)5/h17-18,21-23H,7-16,19H2,1-6H3/t21-,23-/m1/s1. The largest absolute Gasteiger partial charge is 0.451 e. The van der Waals surface area contributed by atoms with Gasteiger partial charge in [0.2, 0.25) is 5.82 Å². The summed E-state index contributed by atoms with van der Waals surface area (Å²) in [5.41, 5.74) is 1.75. The topological polar surface area (TPSA) is 92.1 Å². The van der Waals surface area contributed by atoms with Crippen molar-refractivity contribution in [2.75, 3.05) is 69.3 Å². The van der Waals surface area contributed by atoms with Crippen molar-refractivity contribution in [3.05, 3.63) is 29.3 Å². The molecule has 5 rings (SSSR count). The second kappa shape index (κ2) is 12.7. The molecule has 3 aliphatic rings. The van der Waals surface area contributed by atoms with Crippen LogP contribution >= 0.6 is 0 Å². The van der Waals surface area contributed by atoms with E-state index in [1.165, 1.54) is 5.69 Å². The summed E-state index contributed by atoms with van der Waals surface area (Å²) in [6.45, 7) is 15.1. The lowest BCUT2D eigenvalue weighted by Gasteiger charge is -2.53. The molecule has 14 heteroatoms.